The van der Waals surface area contributed by atoms with E-state index in [0.29, 0.717) is 19.3 Å². The highest BCUT2D eigenvalue weighted by atomic mass is 31.2. The number of carbonyl (C=O) groups is 2. The van der Waals surface area contributed by atoms with Gasteiger partial charge in [0.2, 0.25) is 0 Å². The van der Waals surface area contributed by atoms with E-state index in [1.165, 1.54) is 0 Å². The average molecular weight is 923 g/mol. The maximum atomic E-state index is 12.8. The smallest absolute Gasteiger partial charge is 0.462 e. The predicted molar refractivity (Wildman–Crippen MR) is 250 cm³/mol. The molecule has 0 radical (unpaired) electrons. The molecule has 7 N–H and O–H groups in total. The molecule has 0 bridgehead atoms. The molecule has 1 aliphatic rings. The van der Waals surface area contributed by atoms with Gasteiger partial charge in [0.1, 0.15) is 43.2 Å². The summed E-state index contributed by atoms with van der Waals surface area (Å²) >= 11 is 0. The highest BCUT2D eigenvalue weighted by Gasteiger charge is 2.51. The van der Waals surface area contributed by atoms with Crippen molar-refractivity contribution in [1.29, 1.82) is 0 Å². The third kappa shape index (κ3) is 30.8. The Labute approximate surface area is 382 Å². The molecule has 0 saturated heterocycles. The molecule has 1 rings (SSSR count). The SMILES string of the molecule is CC/C=C\C/C=C\C/C=C\C/C=C\CCCCCCC(=O)O[C@H](COC(=O)CCC/C=C\C/C=C\C/C=C\C/C=C\CCCCCO)COP(=O)(O)OC1[C@H](O)[C@H](O)C(O)[C@H](O)[C@H]1O. The molecular formula is C49H79O14P. The Kier molecular flexibility index (Phi) is 35.8. The van der Waals surface area contributed by atoms with Gasteiger partial charge in [0.05, 0.1) is 6.61 Å². The molecule has 1 aliphatic carbocycles. The van der Waals surface area contributed by atoms with Crippen molar-refractivity contribution in [3.05, 3.63) is 97.2 Å². The lowest BCUT2D eigenvalue weighted by Crippen LogP contribution is -2.64. The molecule has 3 unspecified atom stereocenters. The van der Waals surface area contributed by atoms with Crippen LogP contribution >= 0.6 is 7.82 Å². The number of hydrogen-bond donors (Lipinski definition) is 7. The minimum absolute atomic E-state index is 0.0455. The number of aliphatic hydroxyl groups is 6. The van der Waals surface area contributed by atoms with Crippen molar-refractivity contribution >= 4 is 19.8 Å². The zero-order valence-electron chi connectivity index (χ0n) is 38.0. The minimum Gasteiger partial charge on any atom is -0.462 e. The topological polar surface area (TPSA) is 230 Å². The summed E-state index contributed by atoms with van der Waals surface area (Å²) in [5, 5.41) is 59.0. The van der Waals surface area contributed by atoms with Crippen molar-refractivity contribution in [2.75, 3.05) is 19.8 Å². The number of allylic oxidation sites excluding steroid dienone is 16. The van der Waals surface area contributed by atoms with Crippen LogP contribution in [0.1, 0.15) is 135 Å². The fraction of sp³-hybridized carbons (Fsp3) is 0.633. The van der Waals surface area contributed by atoms with Crippen LogP contribution in [0.15, 0.2) is 97.2 Å². The van der Waals surface area contributed by atoms with Gasteiger partial charge in [-0.15, -0.1) is 0 Å². The van der Waals surface area contributed by atoms with Crippen molar-refractivity contribution in [1.82, 2.24) is 0 Å². The highest BCUT2D eigenvalue weighted by molar-refractivity contribution is 7.47. The summed E-state index contributed by atoms with van der Waals surface area (Å²) in [6.45, 7) is 1.11. The number of aliphatic hydroxyl groups excluding tert-OH is 6. The van der Waals surface area contributed by atoms with Gasteiger partial charge in [-0.05, 0) is 96.3 Å². The molecule has 0 aromatic carbocycles. The molecule has 14 nitrogen and oxygen atoms in total. The predicted octanol–water partition coefficient (Wildman–Crippen LogP) is 8.03. The van der Waals surface area contributed by atoms with E-state index in [1.807, 2.05) is 12.2 Å². The number of carbonyl (C=O) groups excluding carboxylic acids is 2. The largest absolute Gasteiger partial charge is 0.472 e. The molecule has 1 saturated carbocycles. The van der Waals surface area contributed by atoms with Gasteiger partial charge in [-0.3, -0.25) is 18.6 Å². The summed E-state index contributed by atoms with van der Waals surface area (Å²) in [4.78, 5) is 35.7. The summed E-state index contributed by atoms with van der Waals surface area (Å²) in [5.41, 5.74) is 0. The Balaban J connectivity index is 2.52. The molecule has 0 heterocycles. The van der Waals surface area contributed by atoms with E-state index in [9.17, 15) is 44.6 Å². The van der Waals surface area contributed by atoms with Crippen molar-refractivity contribution in [2.24, 2.45) is 0 Å². The summed E-state index contributed by atoms with van der Waals surface area (Å²) in [5.74, 6) is -1.22. The summed E-state index contributed by atoms with van der Waals surface area (Å²) in [7, 11) is -5.15. The zero-order valence-corrected chi connectivity index (χ0v) is 38.9. The first-order valence-corrected chi connectivity index (χ1v) is 24.6. The summed E-state index contributed by atoms with van der Waals surface area (Å²) in [6, 6.07) is 0. The van der Waals surface area contributed by atoms with Gasteiger partial charge in [-0.25, -0.2) is 4.57 Å². The fourth-order valence-corrected chi connectivity index (χ4v) is 7.22. The highest BCUT2D eigenvalue weighted by Crippen LogP contribution is 2.47. The van der Waals surface area contributed by atoms with Crippen LogP contribution in [0.25, 0.3) is 0 Å². The number of phosphoric ester groups is 1. The Morgan fingerprint density at radius 3 is 1.41 bits per heavy atom. The average Bonchev–Trinajstić information content (AvgIpc) is 3.28. The summed E-state index contributed by atoms with van der Waals surface area (Å²) < 4.78 is 33.4. The van der Waals surface area contributed by atoms with Crippen molar-refractivity contribution in [3.63, 3.8) is 0 Å². The maximum Gasteiger partial charge on any atom is 0.472 e. The van der Waals surface area contributed by atoms with E-state index in [4.69, 9.17) is 23.6 Å². The van der Waals surface area contributed by atoms with Gasteiger partial charge >= 0.3 is 19.8 Å². The number of phosphoric acid groups is 1. The molecular weight excluding hydrogens is 843 g/mol. The number of esters is 2. The van der Waals surface area contributed by atoms with Crippen LogP contribution in [0.3, 0.4) is 0 Å². The van der Waals surface area contributed by atoms with Gasteiger partial charge in [-0.2, -0.15) is 0 Å². The van der Waals surface area contributed by atoms with Crippen LogP contribution in [-0.4, -0.2) is 110 Å². The van der Waals surface area contributed by atoms with Crippen LogP contribution in [0.5, 0.6) is 0 Å². The third-order valence-electron chi connectivity index (χ3n) is 9.96. The Hall–Kier alpha value is -3.27. The van der Waals surface area contributed by atoms with E-state index < -0.39 is 75.7 Å². The molecule has 0 aliphatic heterocycles. The molecule has 8 atom stereocenters. The second-order valence-electron chi connectivity index (χ2n) is 15.6. The second kappa shape index (κ2) is 38.9. The van der Waals surface area contributed by atoms with Gasteiger partial charge in [-0.1, -0.05) is 123 Å². The van der Waals surface area contributed by atoms with Gasteiger partial charge in [0.15, 0.2) is 6.10 Å². The van der Waals surface area contributed by atoms with Crippen LogP contribution < -0.4 is 0 Å². The Bertz CT molecular complexity index is 1490. The van der Waals surface area contributed by atoms with Crippen LogP contribution in [-0.2, 0) is 32.7 Å². The molecule has 0 spiro atoms. The quantitative estimate of drug-likeness (QED) is 0.0135. The molecule has 0 amide bonds. The van der Waals surface area contributed by atoms with Gasteiger partial charge in [0, 0.05) is 19.4 Å². The first-order chi connectivity index (χ1) is 30.9. The molecule has 1 fully saturated rings. The summed E-state index contributed by atoms with van der Waals surface area (Å²) in [6.07, 6.45) is 36.2. The Morgan fingerprint density at radius 2 is 0.922 bits per heavy atom. The van der Waals surface area contributed by atoms with E-state index in [2.05, 4.69) is 92.0 Å². The molecule has 364 valence electrons. The standard InChI is InChI=1S/C49H79O14P/c1-2-3-4-5-6-7-8-9-10-12-16-19-22-25-28-31-34-37-43(52)62-41(40-61-64(58,59)63-49-47(56)45(54)44(53)46(55)48(49)57)39-60-42(51)36-33-30-27-24-21-18-15-13-11-14-17-20-23-26-29-32-35-38-50/h3-4,6-7,9-11,14-16,18-20,23-24,27,41,44-50,53-57H,2,5,8,12-13,17,21-22,25-26,28-40H2,1H3,(H,58,59)/b4-3-,7-6-,10-9-,14-11-,18-15-,19-16-,23-20-,27-24-/t41-,44?,45-,46+,47-,48-,49?/m1/s1. The minimum atomic E-state index is -5.15. The Morgan fingerprint density at radius 1 is 0.516 bits per heavy atom. The van der Waals surface area contributed by atoms with Crippen molar-refractivity contribution in [3.8, 4) is 0 Å². The van der Waals surface area contributed by atoms with Crippen molar-refractivity contribution in [2.45, 2.75) is 178 Å². The number of rotatable bonds is 37. The second-order valence-corrected chi connectivity index (χ2v) is 17.0. The van der Waals surface area contributed by atoms with Crippen LogP contribution in [0, 0.1) is 0 Å². The van der Waals surface area contributed by atoms with Crippen molar-refractivity contribution < 1.29 is 68.2 Å². The molecule has 0 aromatic heterocycles. The maximum absolute atomic E-state index is 12.8. The van der Waals surface area contributed by atoms with E-state index in [-0.39, 0.29) is 19.4 Å². The van der Waals surface area contributed by atoms with E-state index in [1.54, 1.807) is 0 Å². The van der Waals surface area contributed by atoms with Gasteiger partial charge in [0.25, 0.3) is 0 Å². The number of hydrogen-bond acceptors (Lipinski definition) is 13. The molecule has 64 heavy (non-hydrogen) atoms. The lowest BCUT2D eigenvalue weighted by Gasteiger charge is -2.41. The monoisotopic (exact) mass is 923 g/mol. The van der Waals surface area contributed by atoms with E-state index in [0.717, 1.165) is 96.3 Å². The number of ether oxygens (including phenoxy) is 2. The first kappa shape index (κ1) is 58.7. The normalized spacial score (nSPS) is 22.4. The fourth-order valence-electron chi connectivity index (χ4n) is 6.25. The van der Waals surface area contributed by atoms with Crippen LogP contribution in [0.2, 0.25) is 0 Å². The lowest BCUT2D eigenvalue weighted by atomic mass is 9.85. The van der Waals surface area contributed by atoms with Crippen LogP contribution in [0.4, 0.5) is 0 Å². The molecule has 0 aromatic rings. The molecule has 15 heteroatoms. The zero-order chi connectivity index (χ0) is 47.1. The van der Waals surface area contributed by atoms with E-state index >= 15 is 0 Å². The first-order valence-electron chi connectivity index (χ1n) is 23.1. The third-order valence-corrected chi connectivity index (χ3v) is 10.9. The number of unbranched alkanes of at least 4 members (excludes halogenated alkanes) is 8. The van der Waals surface area contributed by atoms with Gasteiger partial charge < -0.3 is 45.0 Å². The lowest BCUT2D eigenvalue weighted by molar-refractivity contribution is -0.220.